The Balaban J connectivity index is 1.84. The van der Waals surface area contributed by atoms with E-state index in [1.54, 1.807) is 13.1 Å². The van der Waals surface area contributed by atoms with Crippen molar-refractivity contribution in [2.24, 2.45) is 5.41 Å². The van der Waals surface area contributed by atoms with Crippen molar-refractivity contribution in [3.63, 3.8) is 0 Å². The predicted molar refractivity (Wildman–Crippen MR) is 113 cm³/mol. The zero-order chi connectivity index (χ0) is 19.6. The van der Waals surface area contributed by atoms with Crippen molar-refractivity contribution in [1.29, 1.82) is 0 Å². The van der Waals surface area contributed by atoms with Crippen molar-refractivity contribution in [3.05, 3.63) is 64.5 Å². The molecule has 0 saturated heterocycles. The van der Waals surface area contributed by atoms with Gasteiger partial charge in [-0.2, -0.15) is 0 Å². The van der Waals surface area contributed by atoms with Crippen LogP contribution in [0.2, 0.25) is 0 Å². The third-order valence-corrected chi connectivity index (χ3v) is 5.45. The fourth-order valence-corrected chi connectivity index (χ4v) is 3.91. The summed E-state index contributed by atoms with van der Waals surface area (Å²) in [4.78, 5) is 11.8. The fraction of sp³-hybridized carbons (Fsp3) is 0.375. The molecule has 1 N–H and O–H groups in total. The Morgan fingerprint density at radius 1 is 1.26 bits per heavy atom. The van der Waals surface area contributed by atoms with Crippen LogP contribution in [-0.2, 0) is 0 Å². The van der Waals surface area contributed by atoms with Crippen LogP contribution in [0.4, 0.5) is 0 Å². The molecule has 1 aliphatic carbocycles. The molecule has 3 heteroatoms. The molecular formula is C24H29NO2. The number of nitrogens with one attached hydrogen (secondary N) is 1. The van der Waals surface area contributed by atoms with Gasteiger partial charge in [0.05, 0.1) is 0 Å². The molecule has 1 aromatic carbocycles. The van der Waals surface area contributed by atoms with Crippen LogP contribution >= 0.6 is 0 Å². The van der Waals surface area contributed by atoms with Gasteiger partial charge in [0.15, 0.2) is 0 Å². The molecule has 0 bridgehead atoms. The summed E-state index contributed by atoms with van der Waals surface area (Å²) in [5, 5.41) is 3.63. The second kappa shape index (κ2) is 7.59. The fourth-order valence-electron chi connectivity index (χ4n) is 3.91. The molecular weight excluding hydrogens is 334 g/mol. The van der Waals surface area contributed by atoms with E-state index >= 15 is 0 Å². The Morgan fingerprint density at radius 3 is 2.74 bits per heavy atom. The molecule has 0 fully saturated rings. The number of hydrogen-bond donors (Lipinski definition) is 1. The number of carbonyl (C=O) groups excluding carboxylic acids is 1. The van der Waals surface area contributed by atoms with Gasteiger partial charge in [-0.3, -0.25) is 4.79 Å². The topological polar surface area (TPSA) is 42.2 Å². The molecule has 0 spiro atoms. The monoisotopic (exact) mass is 363 g/mol. The Morgan fingerprint density at radius 2 is 2.04 bits per heavy atom. The molecule has 0 atom stereocenters. The summed E-state index contributed by atoms with van der Waals surface area (Å²) in [6.45, 7) is 9.00. The van der Waals surface area contributed by atoms with E-state index < -0.39 is 0 Å². The zero-order valence-electron chi connectivity index (χ0n) is 17.0. The van der Waals surface area contributed by atoms with Crippen molar-refractivity contribution in [2.45, 2.75) is 47.0 Å². The van der Waals surface area contributed by atoms with Crippen LogP contribution < -0.4 is 5.32 Å². The van der Waals surface area contributed by atoms with E-state index in [2.05, 4.69) is 45.2 Å². The average Bonchev–Trinajstić information content (AvgIpc) is 3.01. The number of hydrogen-bond acceptors (Lipinski definition) is 2. The summed E-state index contributed by atoms with van der Waals surface area (Å²) < 4.78 is 5.93. The van der Waals surface area contributed by atoms with Crippen LogP contribution in [-0.4, -0.2) is 13.0 Å². The summed E-state index contributed by atoms with van der Waals surface area (Å²) in [6, 6.07) is 7.53. The van der Waals surface area contributed by atoms with Gasteiger partial charge in [0, 0.05) is 18.0 Å². The number of fused-ring (bicyclic) bond motifs is 1. The first-order valence-electron chi connectivity index (χ1n) is 9.62. The number of allylic oxidation sites excluding steroid dienone is 5. The normalized spacial score (nSPS) is 17.7. The van der Waals surface area contributed by atoms with Gasteiger partial charge in [0.25, 0.3) is 5.91 Å². The SMILES string of the molecule is CNC(=O)c1ccc2cc(C=C(C)C=CC3=C(C)CCCC3(C)C)oc2c1. The predicted octanol–water partition coefficient (Wildman–Crippen LogP) is 6.28. The Labute approximate surface area is 161 Å². The van der Waals surface area contributed by atoms with E-state index in [1.165, 1.54) is 30.4 Å². The molecule has 3 nitrogen and oxygen atoms in total. The molecule has 142 valence electrons. The van der Waals surface area contributed by atoms with Crippen LogP contribution in [0.5, 0.6) is 0 Å². The van der Waals surface area contributed by atoms with Crippen molar-refractivity contribution >= 4 is 23.0 Å². The highest BCUT2D eigenvalue weighted by Gasteiger charge is 2.26. The first-order valence-corrected chi connectivity index (χ1v) is 9.62. The van der Waals surface area contributed by atoms with E-state index in [-0.39, 0.29) is 11.3 Å². The summed E-state index contributed by atoms with van der Waals surface area (Å²) in [7, 11) is 1.63. The number of carbonyl (C=O) groups is 1. The number of rotatable bonds is 4. The molecule has 2 aromatic rings. The highest BCUT2D eigenvalue weighted by molar-refractivity contribution is 5.97. The van der Waals surface area contributed by atoms with Gasteiger partial charge in [-0.05, 0) is 73.9 Å². The van der Waals surface area contributed by atoms with E-state index in [9.17, 15) is 4.79 Å². The second-order valence-electron chi connectivity index (χ2n) is 8.13. The lowest BCUT2D eigenvalue weighted by atomic mass is 9.72. The minimum atomic E-state index is -0.108. The second-order valence-corrected chi connectivity index (χ2v) is 8.13. The van der Waals surface area contributed by atoms with Crippen molar-refractivity contribution in [1.82, 2.24) is 5.32 Å². The van der Waals surface area contributed by atoms with Gasteiger partial charge in [-0.25, -0.2) is 0 Å². The maximum Gasteiger partial charge on any atom is 0.251 e. The molecule has 1 heterocycles. The first kappa shape index (κ1) is 19.2. The van der Waals surface area contributed by atoms with E-state index in [1.807, 2.05) is 24.3 Å². The summed E-state index contributed by atoms with van der Waals surface area (Å²) >= 11 is 0. The molecule has 1 aliphatic rings. The van der Waals surface area contributed by atoms with E-state index in [0.717, 1.165) is 22.3 Å². The zero-order valence-corrected chi connectivity index (χ0v) is 17.0. The van der Waals surface area contributed by atoms with Gasteiger partial charge in [0.1, 0.15) is 11.3 Å². The third-order valence-electron chi connectivity index (χ3n) is 5.45. The van der Waals surface area contributed by atoms with Crippen molar-refractivity contribution in [3.8, 4) is 0 Å². The summed E-state index contributed by atoms with van der Waals surface area (Å²) in [5.74, 6) is 0.693. The lowest BCUT2D eigenvalue weighted by Gasteiger charge is -2.32. The molecule has 0 aliphatic heterocycles. The summed E-state index contributed by atoms with van der Waals surface area (Å²) in [6.07, 6.45) is 10.2. The molecule has 1 amide bonds. The number of amides is 1. The lowest BCUT2D eigenvalue weighted by molar-refractivity contribution is 0.0963. The molecule has 27 heavy (non-hydrogen) atoms. The van der Waals surface area contributed by atoms with E-state index in [4.69, 9.17) is 4.42 Å². The summed E-state index contributed by atoms with van der Waals surface area (Å²) in [5.41, 5.74) is 5.68. The molecule has 0 unspecified atom stereocenters. The quantitative estimate of drug-likeness (QED) is 0.650. The Bertz CT molecular complexity index is 954. The highest BCUT2D eigenvalue weighted by Crippen LogP contribution is 2.40. The van der Waals surface area contributed by atoms with Crippen LogP contribution in [0.1, 0.15) is 63.1 Å². The van der Waals surface area contributed by atoms with Crippen LogP contribution in [0, 0.1) is 5.41 Å². The van der Waals surface area contributed by atoms with Gasteiger partial charge >= 0.3 is 0 Å². The number of benzene rings is 1. The van der Waals surface area contributed by atoms with Crippen LogP contribution in [0.3, 0.4) is 0 Å². The molecule has 3 rings (SSSR count). The van der Waals surface area contributed by atoms with Crippen LogP contribution in [0.15, 0.2) is 57.6 Å². The smallest absolute Gasteiger partial charge is 0.251 e. The Hall–Kier alpha value is -2.55. The van der Waals surface area contributed by atoms with Crippen molar-refractivity contribution < 1.29 is 9.21 Å². The molecule has 1 aromatic heterocycles. The van der Waals surface area contributed by atoms with E-state index in [0.29, 0.717) is 5.56 Å². The highest BCUT2D eigenvalue weighted by atomic mass is 16.3. The van der Waals surface area contributed by atoms with Crippen LogP contribution in [0.25, 0.3) is 17.0 Å². The van der Waals surface area contributed by atoms with Gasteiger partial charge in [-0.15, -0.1) is 0 Å². The van der Waals surface area contributed by atoms with Crippen molar-refractivity contribution in [2.75, 3.05) is 7.05 Å². The maximum absolute atomic E-state index is 11.8. The molecule has 0 radical (unpaired) electrons. The van der Waals surface area contributed by atoms with Gasteiger partial charge in [-0.1, -0.05) is 37.6 Å². The average molecular weight is 364 g/mol. The largest absolute Gasteiger partial charge is 0.457 e. The minimum absolute atomic E-state index is 0.108. The first-order chi connectivity index (χ1) is 12.8. The van der Waals surface area contributed by atoms with Gasteiger partial charge in [0.2, 0.25) is 0 Å². The third kappa shape index (κ3) is 4.24. The number of furan rings is 1. The molecule has 0 saturated carbocycles. The van der Waals surface area contributed by atoms with Gasteiger partial charge < -0.3 is 9.73 Å². The standard InChI is InChI=1S/C24H29NO2/c1-16(8-11-21-17(2)7-6-12-24(21,3)4)13-20-14-18-9-10-19(23(26)25-5)15-22(18)27-20/h8-11,13-15H,6-7,12H2,1-5H3,(H,25,26). The minimum Gasteiger partial charge on any atom is -0.457 e. The maximum atomic E-state index is 11.8. The Kier molecular flexibility index (Phi) is 5.41. The lowest BCUT2D eigenvalue weighted by Crippen LogP contribution is -2.19.